The van der Waals surface area contributed by atoms with Crippen LogP contribution in [0, 0.1) is 13.8 Å². The monoisotopic (exact) mass is 603 g/mol. The van der Waals surface area contributed by atoms with Gasteiger partial charge in [-0.1, -0.05) is 0 Å². The summed E-state index contributed by atoms with van der Waals surface area (Å²) in [6.45, 7) is 8.62. The van der Waals surface area contributed by atoms with E-state index in [4.69, 9.17) is 0 Å². The fourth-order valence-corrected chi connectivity index (χ4v) is 5.05. The molecular formula is C24H23Br2N5O4. The lowest BCUT2D eigenvalue weighted by molar-refractivity contribution is 0.430. The van der Waals surface area contributed by atoms with Crippen LogP contribution in [0.5, 0.6) is 5.88 Å². The molecule has 0 saturated carbocycles. The molecular weight excluding hydrogens is 582 g/mol. The maximum absolute atomic E-state index is 12.7. The third kappa shape index (κ3) is 4.23. The molecule has 2 N–H and O–H groups in total. The number of fused-ring (bicyclic) bond motifs is 1. The van der Waals surface area contributed by atoms with E-state index in [2.05, 4.69) is 41.8 Å². The fraction of sp³-hybridized carbons (Fsp3) is 0.250. The average Bonchev–Trinajstić information content (AvgIpc) is 3.05. The van der Waals surface area contributed by atoms with Crippen molar-refractivity contribution < 1.29 is 5.11 Å². The summed E-state index contributed by atoms with van der Waals surface area (Å²) in [6, 6.07) is 7.12. The minimum absolute atomic E-state index is 0.113. The highest BCUT2D eigenvalue weighted by molar-refractivity contribution is 9.11. The van der Waals surface area contributed by atoms with Crippen molar-refractivity contribution in [3.8, 4) is 11.6 Å². The Kier molecular flexibility index (Phi) is 6.74. The van der Waals surface area contributed by atoms with E-state index in [9.17, 15) is 19.5 Å². The summed E-state index contributed by atoms with van der Waals surface area (Å²) in [5.74, 6) is -0.536. The molecule has 0 unspecified atom stereocenters. The molecule has 0 saturated heterocycles. The van der Waals surface area contributed by atoms with E-state index in [-0.39, 0.29) is 11.3 Å². The Morgan fingerprint density at radius 1 is 0.943 bits per heavy atom. The maximum atomic E-state index is 12.7. The first-order chi connectivity index (χ1) is 16.6. The Bertz CT molecular complexity index is 1690. The van der Waals surface area contributed by atoms with Crippen molar-refractivity contribution in [2.45, 2.75) is 40.8 Å². The van der Waals surface area contributed by atoms with Crippen molar-refractivity contribution in [3.63, 3.8) is 0 Å². The van der Waals surface area contributed by atoms with Gasteiger partial charge in [0.15, 0.2) is 0 Å². The molecule has 2 heterocycles. The quantitative estimate of drug-likeness (QED) is 0.331. The molecule has 0 amide bonds. The van der Waals surface area contributed by atoms with Crippen LogP contribution in [0.1, 0.15) is 30.5 Å². The SMILES string of the molecule is CCn1c(=O)n(CC)c2cc(N=Cc3c(O)n(-c4cc(C)c(C)cc4Br)c(=O)[nH]c3=O)c(Br)cc21. The van der Waals surface area contributed by atoms with E-state index in [0.717, 1.165) is 21.2 Å². The molecule has 4 rings (SSSR count). The molecule has 4 aromatic rings. The van der Waals surface area contributed by atoms with Crippen LogP contribution in [-0.2, 0) is 13.1 Å². The first kappa shape index (κ1) is 24.9. The summed E-state index contributed by atoms with van der Waals surface area (Å²) in [7, 11) is 0. The molecule has 2 aromatic heterocycles. The summed E-state index contributed by atoms with van der Waals surface area (Å²) in [5.41, 5.74) is 2.39. The van der Waals surface area contributed by atoms with Gasteiger partial charge in [0.2, 0.25) is 5.88 Å². The summed E-state index contributed by atoms with van der Waals surface area (Å²) in [4.78, 5) is 44.5. The van der Waals surface area contributed by atoms with E-state index in [1.54, 1.807) is 27.3 Å². The predicted molar refractivity (Wildman–Crippen MR) is 144 cm³/mol. The summed E-state index contributed by atoms with van der Waals surface area (Å²) in [5, 5.41) is 10.9. The lowest BCUT2D eigenvalue weighted by Gasteiger charge is -2.13. The number of aliphatic imine (C=N–C) groups is 1. The van der Waals surface area contributed by atoms with Gasteiger partial charge in [-0.25, -0.2) is 14.2 Å². The molecule has 0 radical (unpaired) electrons. The van der Waals surface area contributed by atoms with Gasteiger partial charge in [-0.15, -0.1) is 0 Å². The normalized spacial score (nSPS) is 11.7. The second kappa shape index (κ2) is 9.46. The van der Waals surface area contributed by atoms with E-state index >= 15 is 0 Å². The van der Waals surface area contributed by atoms with E-state index < -0.39 is 17.1 Å². The van der Waals surface area contributed by atoms with Crippen molar-refractivity contribution in [1.82, 2.24) is 18.7 Å². The zero-order chi connectivity index (χ0) is 25.6. The van der Waals surface area contributed by atoms with Crippen molar-refractivity contribution in [1.29, 1.82) is 0 Å². The lowest BCUT2D eigenvalue weighted by atomic mass is 10.1. The van der Waals surface area contributed by atoms with Crippen LogP contribution in [0.2, 0.25) is 0 Å². The standard InChI is InChI=1S/C24H23Br2N5O4/c1-5-29-19-9-15(25)17(10-20(19)30(6-2)24(29)35)27-11-14-21(32)28-23(34)31(22(14)33)18-8-13(4)12(3)7-16(18)26/h7-11,33H,5-6H2,1-4H3,(H,28,32,34). The number of benzene rings is 2. The van der Waals surface area contributed by atoms with Gasteiger partial charge in [0.25, 0.3) is 5.56 Å². The zero-order valence-electron chi connectivity index (χ0n) is 19.5. The van der Waals surface area contributed by atoms with E-state index in [1.807, 2.05) is 33.8 Å². The van der Waals surface area contributed by atoms with E-state index in [0.29, 0.717) is 38.9 Å². The number of aromatic hydroxyl groups is 1. The number of nitrogens with one attached hydrogen (secondary N) is 1. The van der Waals surface area contributed by atoms with E-state index in [1.165, 1.54) is 6.21 Å². The molecule has 0 fully saturated rings. The van der Waals surface area contributed by atoms with Gasteiger partial charge >= 0.3 is 11.4 Å². The molecule has 35 heavy (non-hydrogen) atoms. The molecule has 0 atom stereocenters. The Morgan fingerprint density at radius 3 is 2.17 bits per heavy atom. The van der Waals surface area contributed by atoms with Crippen LogP contribution >= 0.6 is 31.9 Å². The first-order valence-corrected chi connectivity index (χ1v) is 12.5. The number of aryl methyl sites for hydroxylation is 4. The third-order valence-corrected chi connectivity index (χ3v) is 7.25. The van der Waals surface area contributed by atoms with Gasteiger partial charge in [-0.2, -0.15) is 0 Å². The largest absolute Gasteiger partial charge is 0.493 e. The molecule has 0 aliphatic carbocycles. The number of hydrogen-bond donors (Lipinski definition) is 2. The average molecular weight is 605 g/mol. The molecule has 0 bridgehead atoms. The van der Waals surface area contributed by atoms with Gasteiger partial charge in [0.05, 0.1) is 22.4 Å². The number of rotatable bonds is 5. The molecule has 11 heteroatoms. The molecule has 0 spiro atoms. The zero-order valence-corrected chi connectivity index (χ0v) is 22.7. The second-order valence-electron chi connectivity index (χ2n) is 8.04. The number of aromatic nitrogens is 4. The van der Waals surface area contributed by atoms with Crippen molar-refractivity contribution in [2.24, 2.45) is 4.99 Å². The van der Waals surface area contributed by atoms with Gasteiger partial charge in [0, 0.05) is 28.2 Å². The topological polar surface area (TPSA) is 114 Å². The predicted octanol–water partition coefficient (Wildman–Crippen LogP) is 4.28. The van der Waals surface area contributed by atoms with Crippen LogP contribution < -0.4 is 16.9 Å². The van der Waals surface area contributed by atoms with Gasteiger partial charge in [-0.3, -0.25) is 23.9 Å². The highest BCUT2D eigenvalue weighted by Crippen LogP contribution is 2.31. The van der Waals surface area contributed by atoms with Crippen LogP contribution in [0.3, 0.4) is 0 Å². The Morgan fingerprint density at radius 2 is 1.54 bits per heavy atom. The Labute approximate surface area is 216 Å². The van der Waals surface area contributed by atoms with Crippen molar-refractivity contribution in [2.75, 3.05) is 0 Å². The smallest absolute Gasteiger partial charge is 0.335 e. The molecule has 0 aliphatic rings. The number of imidazole rings is 1. The molecule has 2 aromatic carbocycles. The van der Waals surface area contributed by atoms with Crippen molar-refractivity contribution in [3.05, 3.63) is 81.2 Å². The highest BCUT2D eigenvalue weighted by atomic mass is 79.9. The number of H-pyrrole nitrogens is 1. The number of halogens is 2. The van der Waals surface area contributed by atoms with Crippen LogP contribution in [0.15, 0.2) is 52.6 Å². The fourth-order valence-electron chi connectivity index (χ4n) is 3.98. The van der Waals surface area contributed by atoms with Gasteiger partial charge in [-0.05, 0) is 94.9 Å². The van der Waals surface area contributed by atoms with Gasteiger partial charge in [0.1, 0.15) is 5.56 Å². The Hall–Kier alpha value is -3.18. The second-order valence-corrected chi connectivity index (χ2v) is 9.75. The number of hydrogen-bond acceptors (Lipinski definition) is 5. The third-order valence-electron chi connectivity index (χ3n) is 5.98. The van der Waals surface area contributed by atoms with Crippen LogP contribution in [0.4, 0.5) is 5.69 Å². The highest BCUT2D eigenvalue weighted by Gasteiger charge is 2.18. The minimum atomic E-state index is -0.774. The molecule has 9 nitrogen and oxygen atoms in total. The van der Waals surface area contributed by atoms with Crippen LogP contribution in [0.25, 0.3) is 16.7 Å². The molecule has 0 aliphatic heterocycles. The van der Waals surface area contributed by atoms with Crippen LogP contribution in [-0.4, -0.2) is 30.0 Å². The summed E-state index contributed by atoms with van der Waals surface area (Å²) in [6.07, 6.45) is 1.20. The van der Waals surface area contributed by atoms with Gasteiger partial charge < -0.3 is 5.11 Å². The summed E-state index contributed by atoms with van der Waals surface area (Å²) >= 11 is 6.92. The Balaban J connectivity index is 1.89. The van der Waals surface area contributed by atoms with Crippen molar-refractivity contribution >= 4 is 54.8 Å². The number of aromatic amines is 1. The minimum Gasteiger partial charge on any atom is -0.493 e. The first-order valence-electron chi connectivity index (χ1n) is 10.9. The summed E-state index contributed by atoms with van der Waals surface area (Å²) < 4.78 is 5.53. The maximum Gasteiger partial charge on any atom is 0.335 e. The number of nitrogens with zero attached hydrogens (tertiary/aromatic N) is 4. The lowest BCUT2D eigenvalue weighted by Crippen LogP contribution is -2.31. The molecule has 182 valence electrons.